The Labute approximate surface area is 120 Å². The van der Waals surface area contributed by atoms with Crippen LogP contribution in [-0.4, -0.2) is 49.3 Å². The lowest BCUT2D eigenvalue weighted by molar-refractivity contribution is -0.137. The standard InChI is InChI=1S/C14H26N2O4/c1-2-3-11(4-5-13(17)18)6-7-16-14(19)12-10-20-9-8-15-12/h11-12,15H,2-10H2,1H3,(H,16,19)(H,17,18). The van der Waals surface area contributed by atoms with E-state index in [2.05, 4.69) is 17.6 Å². The van der Waals surface area contributed by atoms with E-state index in [4.69, 9.17) is 9.84 Å². The number of morpholine rings is 1. The second kappa shape index (κ2) is 9.72. The first-order valence-electron chi connectivity index (χ1n) is 7.44. The first-order chi connectivity index (χ1) is 9.63. The van der Waals surface area contributed by atoms with Crippen molar-refractivity contribution in [3.05, 3.63) is 0 Å². The third-order valence-electron chi connectivity index (χ3n) is 3.55. The first kappa shape index (κ1) is 16.9. The second-order valence-electron chi connectivity index (χ2n) is 5.25. The third-order valence-corrected chi connectivity index (χ3v) is 3.55. The van der Waals surface area contributed by atoms with Gasteiger partial charge in [-0.3, -0.25) is 9.59 Å². The van der Waals surface area contributed by atoms with Gasteiger partial charge >= 0.3 is 5.97 Å². The van der Waals surface area contributed by atoms with Crippen LogP contribution in [0.3, 0.4) is 0 Å². The molecular formula is C14H26N2O4. The molecule has 2 atom stereocenters. The number of hydrogen-bond donors (Lipinski definition) is 3. The van der Waals surface area contributed by atoms with Gasteiger partial charge < -0.3 is 20.5 Å². The monoisotopic (exact) mass is 286 g/mol. The highest BCUT2D eigenvalue weighted by molar-refractivity contribution is 5.81. The van der Waals surface area contributed by atoms with Crippen LogP contribution >= 0.6 is 0 Å². The summed E-state index contributed by atoms with van der Waals surface area (Å²) in [6.07, 6.45) is 3.77. The number of aliphatic carboxylic acids is 1. The van der Waals surface area contributed by atoms with E-state index in [0.29, 0.717) is 38.6 Å². The summed E-state index contributed by atoms with van der Waals surface area (Å²) in [5.41, 5.74) is 0. The normalized spacial score (nSPS) is 20.4. The predicted octanol–water partition coefficient (Wildman–Crippen LogP) is 0.762. The van der Waals surface area contributed by atoms with Gasteiger partial charge in [-0.2, -0.15) is 0 Å². The highest BCUT2D eigenvalue weighted by Gasteiger charge is 2.20. The van der Waals surface area contributed by atoms with E-state index in [1.165, 1.54) is 0 Å². The van der Waals surface area contributed by atoms with Crippen molar-refractivity contribution in [3.63, 3.8) is 0 Å². The minimum absolute atomic E-state index is 0.0295. The number of rotatable bonds is 9. The van der Waals surface area contributed by atoms with E-state index >= 15 is 0 Å². The van der Waals surface area contributed by atoms with Crippen LogP contribution in [0.1, 0.15) is 39.0 Å². The van der Waals surface area contributed by atoms with Gasteiger partial charge in [0.25, 0.3) is 0 Å². The molecule has 2 unspecified atom stereocenters. The third kappa shape index (κ3) is 6.86. The fraction of sp³-hybridized carbons (Fsp3) is 0.857. The molecule has 3 N–H and O–H groups in total. The fourth-order valence-corrected chi connectivity index (χ4v) is 2.43. The Hall–Kier alpha value is -1.14. The van der Waals surface area contributed by atoms with Gasteiger partial charge in [-0.15, -0.1) is 0 Å². The maximum atomic E-state index is 11.9. The van der Waals surface area contributed by atoms with Crippen molar-refractivity contribution in [2.24, 2.45) is 5.92 Å². The molecule has 20 heavy (non-hydrogen) atoms. The Morgan fingerprint density at radius 3 is 2.80 bits per heavy atom. The molecule has 0 saturated carbocycles. The number of carbonyl (C=O) groups is 2. The minimum Gasteiger partial charge on any atom is -0.481 e. The zero-order chi connectivity index (χ0) is 14.8. The van der Waals surface area contributed by atoms with Gasteiger partial charge in [0, 0.05) is 19.5 Å². The number of amides is 1. The smallest absolute Gasteiger partial charge is 0.303 e. The summed E-state index contributed by atoms with van der Waals surface area (Å²) < 4.78 is 5.25. The maximum absolute atomic E-state index is 11.9. The van der Waals surface area contributed by atoms with Crippen molar-refractivity contribution in [1.29, 1.82) is 0 Å². The molecular weight excluding hydrogens is 260 g/mol. The zero-order valence-corrected chi connectivity index (χ0v) is 12.2. The van der Waals surface area contributed by atoms with Gasteiger partial charge in [-0.25, -0.2) is 0 Å². The minimum atomic E-state index is -0.751. The van der Waals surface area contributed by atoms with Crippen molar-refractivity contribution in [2.75, 3.05) is 26.3 Å². The number of carbonyl (C=O) groups excluding carboxylic acids is 1. The summed E-state index contributed by atoms with van der Waals surface area (Å²) in [6.45, 7) is 4.47. The van der Waals surface area contributed by atoms with Crippen LogP contribution in [0.5, 0.6) is 0 Å². The molecule has 0 aromatic carbocycles. The van der Waals surface area contributed by atoms with Crippen molar-refractivity contribution < 1.29 is 19.4 Å². The van der Waals surface area contributed by atoms with E-state index in [1.807, 2.05) is 0 Å². The summed E-state index contributed by atoms with van der Waals surface area (Å²) in [5.74, 6) is -0.413. The lowest BCUT2D eigenvalue weighted by atomic mass is 9.94. The summed E-state index contributed by atoms with van der Waals surface area (Å²) in [5, 5.41) is 14.7. The highest BCUT2D eigenvalue weighted by Crippen LogP contribution is 2.17. The predicted molar refractivity (Wildman–Crippen MR) is 75.5 cm³/mol. The van der Waals surface area contributed by atoms with Crippen LogP contribution in [0.4, 0.5) is 0 Å². The van der Waals surface area contributed by atoms with Crippen molar-refractivity contribution >= 4 is 11.9 Å². The number of nitrogens with one attached hydrogen (secondary N) is 2. The molecule has 6 nitrogen and oxygen atoms in total. The molecule has 0 spiro atoms. The lowest BCUT2D eigenvalue weighted by Crippen LogP contribution is -2.51. The maximum Gasteiger partial charge on any atom is 0.303 e. The van der Waals surface area contributed by atoms with Crippen molar-refractivity contribution in [2.45, 2.75) is 45.1 Å². The molecule has 1 heterocycles. The molecule has 0 radical (unpaired) electrons. The van der Waals surface area contributed by atoms with Gasteiger partial charge in [-0.1, -0.05) is 19.8 Å². The van der Waals surface area contributed by atoms with Crippen LogP contribution < -0.4 is 10.6 Å². The van der Waals surface area contributed by atoms with Gasteiger partial charge in [0.05, 0.1) is 13.2 Å². The highest BCUT2D eigenvalue weighted by atomic mass is 16.5. The van der Waals surface area contributed by atoms with Crippen LogP contribution in [0, 0.1) is 5.92 Å². The molecule has 116 valence electrons. The van der Waals surface area contributed by atoms with E-state index in [-0.39, 0.29) is 18.4 Å². The van der Waals surface area contributed by atoms with Crippen LogP contribution in [0.2, 0.25) is 0 Å². The van der Waals surface area contributed by atoms with E-state index < -0.39 is 5.97 Å². The molecule has 0 aromatic rings. The molecule has 0 aliphatic carbocycles. The number of carboxylic acid groups (broad SMARTS) is 1. The largest absolute Gasteiger partial charge is 0.481 e. The Balaban J connectivity index is 2.21. The second-order valence-corrected chi connectivity index (χ2v) is 5.25. The van der Waals surface area contributed by atoms with Gasteiger partial charge in [-0.05, 0) is 18.8 Å². The van der Waals surface area contributed by atoms with E-state index in [0.717, 1.165) is 19.3 Å². The zero-order valence-electron chi connectivity index (χ0n) is 12.2. The summed E-state index contributed by atoms with van der Waals surface area (Å²) in [6, 6.07) is -0.257. The molecule has 1 saturated heterocycles. The Kier molecular flexibility index (Phi) is 8.22. The molecule has 1 amide bonds. The molecule has 1 rings (SSSR count). The number of carboxylic acids is 1. The van der Waals surface area contributed by atoms with Crippen molar-refractivity contribution in [1.82, 2.24) is 10.6 Å². The lowest BCUT2D eigenvalue weighted by Gasteiger charge is -2.23. The average molecular weight is 286 g/mol. The fourth-order valence-electron chi connectivity index (χ4n) is 2.43. The Morgan fingerprint density at radius 2 is 2.20 bits per heavy atom. The summed E-state index contributed by atoms with van der Waals surface area (Å²) in [4.78, 5) is 22.5. The molecule has 0 aromatic heterocycles. The van der Waals surface area contributed by atoms with Crippen molar-refractivity contribution in [3.8, 4) is 0 Å². The average Bonchev–Trinajstić information content (AvgIpc) is 2.45. The summed E-state index contributed by atoms with van der Waals surface area (Å²) >= 11 is 0. The molecule has 6 heteroatoms. The number of ether oxygens (including phenoxy) is 1. The van der Waals surface area contributed by atoms with Gasteiger partial charge in [0.15, 0.2) is 0 Å². The summed E-state index contributed by atoms with van der Waals surface area (Å²) in [7, 11) is 0. The van der Waals surface area contributed by atoms with Crippen LogP contribution in [0.25, 0.3) is 0 Å². The van der Waals surface area contributed by atoms with Gasteiger partial charge in [0.1, 0.15) is 6.04 Å². The Morgan fingerprint density at radius 1 is 1.40 bits per heavy atom. The molecule has 0 bridgehead atoms. The van der Waals surface area contributed by atoms with Gasteiger partial charge in [0.2, 0.25) is 5.91 Å². The molecule has 1 aliphatic rings. The molecule has 1 aliphatic heterocycles. The topological polar surface area (TPSA) is 87.7 Å². The van der Waals surface area contributed by atoms with Crippen LogP contribution in [0.15, 0.2) is 0 Å². The SMILES string of the molecule is CCCC(CCNC(=O)C1COCCN1)CCC(=O)O. The van der Waals surface area contributed by atoms with E-state index in [9.17, 15) is 9.59 Å². The Bertz CT molecular complexity index is 304. The number of hydrogen-bond acceptors (Lipinski definition) is 4. The van der Waals surface area contributed by atoms with E-state index in [1.54, 1.807) is 0 Å². The quantitative estimate of drug-likeness (QED) is 0.582. The molecule has 1 fully saturated rings. The van der Waals surface area contributed by atoms with Crippen LogP contribution in [-0.2, 0) is 14.3 Å². The first-order valence-corrected chi connectivity index (χ1v) is 7.44.